The van der Waals surface area contributed by atoms with Crippen LogP contribution in [0.4, 0.5) is 0 Å². The van der Waals surface area contributed by atoms with E-state index in [1.165, 1.54) is 55.7 Å². The van der Waals surface area contributed by atoms with E-state index >= 15 is 0 Å². The van der Waals surface area contributed by atoms with Gasteiger partial charge < -0.3 is 4.52 Å². The van der Waals surface area contributed by atoms with Gasteiger partial charge in [0.2, 0.25) is 11.7 Å². The summed E-state index contributed by atoms with van der Waals surface area (Å²) in [6.45, 7) is 7.91. The summed E-state index contributed by atoms with van der Waals surface area (Å²) < 4.78 is 5.06. The summed E-state index contributed by atoms with van der Waals surface area (Å²) in [5.41, 5.74) is 4.80. The minimum absolute atomic E-state index is 0.587. The summed E-state index contributed by atoms with van der Waals surface area (Å²) in [6, 6.07) is 18.1. The molecular weight excluding hydrogens is 348 g/mol. The average molecular weight is 374 g/mol. The summed E-state index contributed by atoms with van der Waals surface area (Å²) in [7, 11) is 0. The maximum atomic E-state index is 5.06. The number of aryl methyl sites for hydroxylation is 1. The van der Waals surface area contributed by atoms with E-state index in [-0.39, 0.29) is 0 Å². The molecule has 28 heavy (non-hydrogen) atoms. The Kier molecular flexibility index (Phi) is 4.71. The SMILES string of the molecule is Cc1nc(-c2ccc(-c3ccc(CN4CC(N5CCCC5)C4)cc3)cc2)no1. The smallest absolute Gasteiger partial charge is 0.223 e. The van der Waals surface area contributed by atoms with Gasteiger partial charge in [0.15, 0.2) is 0 Å². The predicted octanol–water partition coefficient (Wildman–Crippen LogP) is 3.99. The zero-order valence-corrected chi connectivity index (χ0v) is 16.3. The summed E-state index contributed by atoms with van der Waals surface area (Å²) in [5, 5.41) is 3.98. The van der Waals surface area contributed by atoms with Crippen molar-refractivity contribution in [3.05, 3.63) is 60.0 Å². The van der Waals surface area contributed by atoms with Gasteiger partial charge in [0, 0.05) is 38.2 Å². The van der Waals surface area contributed by atoms with Crippen LogP contribution in [0.5, 0.6) is 0 Å². The molecule has 5 rings (SSSR count). The first-order chi connectivity index (χ1) is 13.7. The molecule has 3 aromatic rings. The zero-order valence-electron chi connectivity index (χ0n) is 16.3. The van der Waals surface area contributed by atoms with Gasteiger partial charge in [0.05, 0.1) is 0 Å². The Labute approximate surface area is 166 Å². The largest absolute Gasteiger partial charge is 0.339 e. The zero-order chi connectivity index (χ0) is 18.9. The fourth-order valence-corrected chi connectivity index (χ4v) is 4.30. The van der Waals surface area contributed by atoms with Crippen LogP contribution in [0, 0.1) is 6.92 Å². The van der Waals surface area contributed by atoms with Crippen LogP contribution >= 0.6 is 0 Å². The van der Waals surface area contributed by atoms with Crippen molar-refractivity contribution in [3.8, 4) is 22.5 Å². The Balaban J connectivity index is 1.19. The maximum Gasteiger partial charge on any atom is 0.223 e. The van der Waals surface area contributed by atoms with Gasteiger partial charge in [-0.3, -0.25) is 9.80 Å². The van der Waals surface area contributed by atoms with Crippen molar-refractivity contribution >= 4 is 0 Å². The molecule has 0 unspecified atom stereocenters. The van der Waals surface area contributed by atoms with E-state index in [1.54, 1.807) is 6.92 Å². The van der Waals surface area contributed by atoms with Crippen molar-refractivity contribution in [3.63, 3.8) is 0 Å². The second-order valence-electron chi connectivity index (χ2n) is 8.00. The van der Waals surface area contributed by atoms with Crippen molar-refractivity contribution in [2.75, 3.05) is 26.2 Å². The van der Waals surface area contributed by atoms with Crippen LogP contribution in [0.25, 0.3) is 22.5 Å². The lowest BCUT2D eigenvalue weighted by atomic mass is 10.0. The Morgan fingerprint density at radius 2 is 1.50 bits per heavy atom. The average Bonchev–Trinajstić information content (AvgIpc) is 3.37. The number of aromatic nitrogens is 2. The molecular formula is C23H26N4O. The second-order valence-corrected chi connectivity index (χ2v) is 8.00. The molecule has 5 nitrogen and oxygen atoms in total. The van der Waals surface area contributed by atoms with Gasteiger partial charge in [0.1, 0.15) is 0 Å². The third-order valence-corrected chi connectivity index (χ3v) is 5.96. The van der Waals surface area contributed by atoms with E-state index in [0.29, 0.717) is 11.7 Å². The summed E-state index contributed by atoms with van der Waals surface area (Å²) in [6.07, 6.45) is 2.77. The number of nitrogens with zero attached hydrogens (tertiary/aromatic N) is 4. The molecule has 2 aliphatic rings. The number of rotatable bonds is 5. The van der Waals surface area contributed by atoms with Gasteiger partial charge >= 0.3 is 0 Å². The van der Waals surface area contributed by atoms with Crippen LogP contribution < -0.4 is 0 Å². The van der Waals surface area contributed by atoms with Crippen LogP contribution in [0.1, 0.15) is 24.3 Å². The Morgan fingerprint density at radius 1 is 0.893 bits per heavy atom. The molecule has 0 spiro atoms. The number of hydrogen-bond donors (Lipinski definition) is 0. The van der Waals surface area contributed by atoms with Crippen LogP contribution in [-0.2, 0) is 6.54 Å². The molecule has 5 heteroatoms. The molecule has 0 radical (unpaired) electrons. The molecule has 0 aliphatic carbocycles. The van der Waals surface area contributed by atoms with Crippen LogP contribution in [0.3, 0.4) is 0 Å². The third-order valence-electron chi connectivity index (χ3n) is 5.96. The first kappa shape index (κ1) is 17.6. The van der Waals surface area contributed by atoms with Crippen LogP contribution in [0.2, 0.25) is 0 Å². The number of benzene rings is 2. The van der Waals surface area contributed by atoms with Gasteiger partial charge in [-0.1, -0.05) is 53.7 Å². The van der Waals surface area contributed by atoms with Crippen molar-refractivity contribution in [2.45, 2.75) is 32.4 Å². The molecule has 144 valence electrons. The lowest BCUT2D eigenvalue weighted by Crippen LogP contribution is -2.58. The van der Waals surface area contributed by atoms with Crippen LogP contribution in [-0.4, -0.2) is 52.2 Å². The molecule has 2 aliphatic heterocycles. The molecule has 2 saturated heterocycles. The standard InChI is InChI=1S/C23H26N4O/c1-17-24-23(25-28-17)21-10-8-20(9-11-21)19-6-4-18(5-7-19)14-26-15-22(16-26)27-12-2-3-13-27/h4-11,22H,2-3,12-16H2,1H3. The second kappa shape index (κ2) is 7.49. The number of hydrogen-bond acceptors (Lipinski definition) is 5. The monoisotopic (exact) mass is 374 g/mol. The van der Waals surface area contributed by atoms with Gasteiger partial charge in [-0.25, -0.2) is 0 Å². The molecule has 0 amide bonds. The van der Waals surface area contributed by atoms with Crippen molar-refractivity contribution in [2.24, 2.45) is 0 Å². The Bertz CT molecular complexity index is 920. The van der Waals surface area contributed by atoms with E-state index in [2.05, 4.69) is 56.3 Å². The topological polar surface area (TPSA) is 45.4 Å². The highest BCUT2D eigenvalue weighted by atomic mass is 16.5. The quantitative estimate of drug-likeness (QED) is 0.676. The molecule has 0 atom stereocenters. The molecule has 2 aromatic carbocycles. The van der Waals surface area contributed by atoms with Gasteiger partial charge in [0.25, 0.3) is 0 Å². The molecule has 0 saturated carbocycles. The minimum Gasteiger partial charge on any atom is -0.339 e. The van der Waals surface area contributed by atoms with E-state index in [9.17, 15) is 0 Å². The maximum absolute atomic E-state index is 5.06. The lowest BCUT2D eigenvalue weighted by Gasteiger charge is -2.44. The summed E-state index contributed by atoms with van der Waals surface area (Å²) in [4.78, 5) is 9.50. The van der Waals surface area contributed by atoms with Crippen molar-refractivity contribution in [1.29, 1.82) is 0 Å². The third kappa shape index (κ3) is 3.60. The highest BCUT2D eigenvalue weighted by Crippen LogP contribution is 2.25. The molecule has 0 bridgehead atoms. The van der Waals surface area contributed by atoms with Crippen molar-refractivity contribution in [1.82, 2.24) is 19.9 Å². The minimum atomic E-state index is 0.587. The Hall–Kier alpha value is -2.50. The fraction of sp³-hybridized carbons (Fsp3) is 0.391. The first-order valence-electron chi connectivity index (χ1n) is 10.2. The van der Waals surface area contributed by atoms with E-state index in [1.807, 2.05) is 12.1 Å². The van der Waals surface area contributed by atoms with Gasteiger partial charge in [-0.15, -0.1) is 0 Å². The van der Waals surface area contributed by atoms with Gasteiger partial charge in [-0.2, -0.15) is 4.98 Å². The van der Waals surface area contributed by atoms with E-state index in [4.69, 9.17) is 4.52 Å². The molecule has 1 aromatic heterocycles. The normalized spacial score (nSPS) is 18.5. The van der Waals surface area contributed by atoms with Crippen LogP contribution in [0.15, 0.2) is 53.1 Å². The number of likely N-dealkylation sites (tertiary alicyclic amines) is 2. The van der Waals surface area contributed by atoms with Gasteiger partial charge in [-0.05, 0) is 42.6 Å². The predicted molar refractivity (Wildman–Crippen MR) is 110 cm³/mol. The highest BCUT2D eigenvalue weighted by molar-refractivity contribution is 5.67. The first-order valence-corrected chi connectivity index (χ1v) is 10.2. The Morgan fingerprint density at radius 3 is 2.11 bits per heavy atom. The molecule has 3 heterocycles. The molecule has 0 N–H and O–H groups in total. The molecule has 2 fully saturated rings. The fourth-order valence-electron chi connectivity index (χ4n) is 4.30. The summed E-state index contributed by atoms with van der Waals surface area (Å²) >= 11 is 0. The lowest BCUT2D eigenvalue weighted by molar-refractivity contribution is 0.0423. The highest BCUT2D eigenvalue weighted by Gasteiger charge is 2.32. The van der Waals surface area contributed by atoms with E-state index < -0.39 is 0 Å². The van der Waals surface area contributed by atoms with Crippen molar-refractivity contribution < 1.29 is 4.52 Å². The van der Waals surface area contributed by atoms with E-state index in [0.717, 1.165) is 18.2 Å². The summed E-state index contributed by atoms with van der Waals surface area (Å²) in [5.74, 6) is 1.23.